The number of nitrogens with zero attached hydrogens (tertiary/aromatic N) is 1. The van der Waals surface area contributed by atoms with Gasteiger partial charge in [0.2, 0.25) is 11.8 Å². The number of amides is 2. The van der Waals surface area contributed by atoms with Gasteiger partial charge in [-0.25, -0.2) is 0 Å². The molecular formula is C13H23N3O3. The molecule has 0 aromatic heterocycles. The van der Waals surface area contributed by atoms with Crippen LogP contribution in [0.5, 0.6) is 0 Å². The van der Waals surface area contributed by atoms with Crippen molar-refractivity contribution in [2.45, 2.75) is 19.3 Å². The van der Waals surface area contributed by atoms with Crippen LogP contribution in [0.2, 0.25) is 0 Å². The standard InChI is InChI=1S/C13H23N3O3/c17-12(16-6-8-19-9-7-16)3-5-15-13(18)11-2-1-4-14-10-11/h11,14H,1-10H2,(H,15,18)/t11-/m1/s1. The zero-order chi connectivity index (χ0) is 13.5. The average molecular weight is 269 g/mol. The number of morpholine rings is 1. The minimum Gasteiger partial charge on any atom is -0.378 e. The number of carbonyl (C=O) groups excluding carboxylic acids is 2. The minimum absolute atomic E-state index is 0.0623. The summed E-state index contributed by atoms with van der Waals surface area (Å²) < 4.78 is 5.20. The van der Waals surface area contributed by atoms with E-state index in [0.717, 1.165) is 25.9 Å². The Morgan fingerprint density at radius 3 is 2.79 bits per heavy atom. The lowest BCUT2D eigenvalue weighted by Gasteiger charge is -2.27. The second-order valence-electron chi connectivity index (χ2n) is 5.08. The second-order valence-corrected chi connectivity index (χ2v) is 5.08. The van der Waals surface area contributed by atoms with Crippen LogP contribution in [0.15, 0.2) is 0 Å². The molecule has 6 nitrogen and oxygen atoms in total. The Bertz CT molecular complexity index is 280. The van der Waals surface area contributed by atoms with Crippen LogP contribution in [0.3, 0.4) is 0 Å². The van der Waals surface area contributed by atoms with Crippen molar-refractivity contribution in [3.05, 3.63) is 0 Å². The highest BCUT2D eigenvalue weighted by Gasteiger charge is 2.21. The van der Waals surface area contributed by atoms with Gasteiger partial charge in [-0.15, -0.1) is 0 Å². The van der Waals surface area contributed by atoms with E-state index in [1.165, 1.54) is 0 Å². The summed E-state index contributed by atoms with van der Waals surface area (Å²) in [6.45, 7) is 4.75. The third-order valence-corrected chi connectivity index (χ3v) is 3.67. The fourth-order valence-electron chi connectivity index (χ4n) is 2.48. The van der Waals surface area contributed by atoms with Crippen molar-refractivity contribution in [1.82, 2.24) is 15.5 Å². The highest BCUT2D eigenvalue weighted by Crippen LogP contribution is 2.09. The van der Waals surface area contributed by atoms with Crippen LogP contribution < -0.4 is 10.6 Å². The topological polar surface area (TPSA) is 70.7 Å². The molecule has 2 saturated heterocycles. The van der Waals surface area contributed by atoms with Crippen LogP contribution in [-0.2, 0) is 14.3 Å². The third kappa shape index (κ3) is 4.47. The average Bonchev–Trinajstić information content (AvgIpc) is 2.49. The summed E-state index contributed by atoms with van der Waals surface area (Å²) in [5.41, 5.74) is 0. The smallest absolute Gasteiger partial charge is 0.224 e. The van der Waals surface area contributed by atoms with E-state index in [9.17, 15) is 9.59 Å². The van der Waals surface area contributed by atoms with Crippen LogP contribution in [0.4, 0.5) is 0 Å². The second kappa shape index (κ2) is 7.45. The van der Waals surface area contributed by atoms with E-state index < -0.39 is 0 Å². The van der Waals surface area contributed by atoms with Gasteiger partial charge < -0.3 is 20.3 Å². The van der Waals surface area contributed by atoms with Crippen LogP contribution >= 0.6 is 0 Å². The van der Waals surface area contributed by atoms with Gasteiger partial charge in [0.05, 0.1) is 19.1 Å². The van der Waals surface area contributed by atoms with Crippen LogP contribution in [-0.4, -0.2) is 62.7 Å². The summed E-state index contributed by atoms with van der Waals surface area (Å²) in [6, 6.07) is 0. The predicted molar refractivity (Wildman–Crippen MR) is 70.6 cm³/mol. The molecule has 2 heterocycles. The van der Waals surface area contributed by atoms with E-state index >= 15 is 0 Å². The van der Waals surface area contributed by atoms with E-state index in [4.69, 9.17) is 4.74 Å². The molecule has 0 spiro atoms. The first-order valence-electron chi connectivity index (χ1n) is 7.11. The molecule has 0 unspecified atom stereocenters. The number of piperidine rings is 1. The maximum Gasteiger partial charge on any atom is 0.224 e. The minimum atomic E-state index is 0.0623. The van der Waals surface area contributed by atoms with Crippen molar-refractivity contribution in [3.63, 3.8) is 0 Å². The summed E-state index contributed by atoms with van der Waals surface area (Å²) in [5, 5.41) is 6.08. The lowest BCUT2D eigenvalue weighted by Crippen LogP contribution is -2.43. The van der Waals surface area contributed by atoms with Gasteiger partial charge in [0.1, 0.15) is 0 Å². The quantitative estimate of drug-likeness (QED) is 0.711. The van der Waals surface area contributed by atoms with Gasteiger partial charge >= 0.3 is 0 Å². The number of hydrogen-bond acceptors (Lipinski definition) is 4. The highest BCUT2D eigenvalue weighted by atomic mass is 16.5. The number of rotatable bonds is 4. The molecule has 2 aliphatic rings. The van der Waals surface area contributed by atoms with Gasteiger partial charge in [0, 0.05) is 32.6 Å². The van der Waals surface area contributed by atoms with E-state index in [2.05, 4.69) is 10.6 Å². The van der Waals surface area contributed by atoms with Crippen LogP contribution in [0, 0.1) is 5.92 Å². The molecule has 0 aliphatic carbocycles. The molecular weight excluding hydrogens is 246 g/mol. The molecule has 0 bridgehead atoms. The van der Waals surface area contributed by atoms with Gasteiger partial charge in [-0.3, -0.25) is 9.59 Å². The van der Waals surface area contributed by atoms with E-state index in [-0.39, 0.29) is 17.7 Å². The van der Waals surface area contributed by atoms with E-state index in [1.807, 2.05) is 0 Å². The summed E-state index contributed by atoms with van der Waals surface area (Å²) in [7, 11) is 0. The third-order valence-electron chi connectivity index (χ3n) is 3.67. The van der Waals surface area contributed by atoms with Gasteiger partial charge in [-0.05, 0) is 19.4 Å². The molecule has 2 N–H and O–H groups in total. The molecule has 108 valence electrons. The highest BCUT2D eigenvalue weighted by molar-refractivity contribution is 5.80. The first kappa shape index (κ1) is 14.3. The van der Waals surface area contributed by atoms with E-state index in [0.29, 0.717) is 39.3 Å². The van der Waals surface area contributed by atoms with Crippen molar-refractivity contribution >= 4 is 11.8 Å². The summed E-state index contributed by atoms with van der Waals surface area (Å²) in [4.78, 5) is 25.5. The molecule has 0 aromatic carbocycles. The summed E-state index contributed by atoms with van der Waals surface area (Å²) >= 11 is 0. The molecule has 2 fully saturated rings. The van der Waals surface area contributed by atoms with Crippen molar-refractivity contribution in [3.8, 4) is 0 Å². The maximum atomic E-state index is 11.9. The molecule has 0 saturated carbocycles. The van der Waals surface area contributed by atoms with Gasteiger partial charge in [-0.1, -0.05) is 0 Å². The molecule has 2 amide bonds. The Hall–Kier alpha value is -1.14. The lowest BCUT2D eigenvalue weighted by molar-refractivity contribution is -0.135. The Labute approximate surface area is 113 Å². The SMILES string of the molecule is O=C(NCCC(=O)N1CCOCC1)[C@@H]1CCCNC1. The fourth-order valence-corrected chi connectivity index (χ4v) is 2.48. The normalized spacial score (nSPS) is 24.0. The van der Waals surface area contributed by atoms with Crippen LogP contribution in [0.25, 0.3) is 0 Å². The number of carbonyl (C=O) groups is 2. The predicted octanol–water partition coefficient (Wildman–Crippen LogP) is -0.649. The molecule has 2 aliphatic heterocycles. The van der Waals surface area contributed by atoms with Gasteiger partial charge in [0.15, 0.2) is 0 Å². The Morgan fingerprint density at radius 2 is 2.11 bits per heavy atom. The first-order valence-corrected chi connectivity index (χ1v) is 7.11. The van der Waals surface area contributed by atoms with Gasteiger partial charge in [-0.2, -0.15) is 0 Å². The van der Waals surface area contributed by atoms with Crippen molar-refractivity contribution in [2.24, 2.45) is 5.92 Å². The Kier molecular flexibility index (Phi) is 5.60. The largest absolute Gasteiger partial charge is 0.378 e. The van der Waals surface area contributed by atoms with Crippen molar-refractivity contribution in [1.29, 1.82) is 0 Å². The Morgan fingerprint density at radius 1 is 1.32 bits per heavy atom. The number of nitrogens with one attached hydrogen (secondary N) is 2. The molecule has 2 rings (SSSR count). The van der Waals surface area contributed by atoms with E-state index in [1.54, 1.807) is 4.90 Å². The zero-order valence-electron chi connectivity index (χ0n) is 11.3. The van der Waals surface area contributed by atoms with Crippen LogP contribution in [0.1, 0.15) is 19.3 Å². The molecule has 19 heavy (non-hydrogen) atoms. The molecule has 6 heteroatoms. The molecule has 1 atom stereocenters. The zero-order valence-corrected chi connectivity index (χ0v) is 11.3. The fraction of sp³-hybridized carbons (Fsp3) is 0.846. The van der Waals surface area contributed by atoms with Gasteiger partial charge in [0.25, 0.3) is 0 Å². The number of hydrogen-bond donors (Lipinski definition) is 2. The Balaban J connectivity index is 1.62. The van der Waals surface area contributed by atoms with Crippen molar-refractivity contribution in [2.75, 3.05) is 45.9 Å². The monoisotopic (exact) mass is 269 g/mol. The van der Waals surface area contributed by atoms with Crippen molar-refractivity contribution < 1.29 is 14.3 Å². The molecule has 0 aromatic rings. The summed E-state index contributed by atoms with van der Waals surface area (Å²) in [6.07, 6.45) is 2.37. The lowest BCUT2D eigenvalue weighted by atomic mass is 9.99. The first-order chi connectivity index (χ1) is 9.27. The summed E-state index contributed by atoms with van der Waals surface area (Å²) in [5.74, 6) is 0.236. The molecule has 0 radical (unpaired) electrons. The maximum absolute atomic E-state index is 11.9. The number of ether oxygens (including phenoxy) is 1.